The highest BCUT2D eigenvalue weighted by molar-refractivity contribution is 5.85. The van der Waals surface area contributed by atoms with Crippen molar-refractivity contribution in [1.29, 1.82) is 0 Å². The fourth-order valence-electron chi connectivity index (χ4n) is 2.34. The summed E-state index contributed by atoms with van der Waals surface area (Å²) in [5.74, 6) is -0.292. The fourth-order valence-corrected chi connectivity index (χ4v) is 2.34. The molecule has 1 aliphatic heterocycles. The van der Waals surface area contributed by atoms with Crippen LogP contribution in [-0.2, 0) is 14.3 Å². The molecule has 24 heavy (non-hydrogen) atoms. The summed E-state index contributed by atoms with van der Waals surface area (Å²) >= 11 is 0. The molecule has 8 heteroatoms. The number of alkyl carbamates (subject to hydrolysis) is 1. The van der Waals surface area contributed by atoms with Gasteiger partial charge in [-0.1, -0.05) is 13.8 Å². The number of nitrogens with one attached hydrogen (secondary N) is 4. The van der Waals surface area contributed by atoms with Crippen molar-refractivity contribution in [1.82, 2.24) is 21.5 Å². The van der Waals surface area contributed by atoms with Gasteiger partial charge in [-0.3, -0.25) is 15.0 Å². The van der Waals surface area contributed by atoms with Crippen LogP contribution in [0.25, 0.3) is 0 Å². The standard InChI is InChI=1S/C16H30N4O4/c1-10(2)8-12(19-15(23)24-16(3,4)5)14(22)20-18-9-11-6-7-17-13(11)21/h10-12,18H,6-9H2,1-5H3,(H,17,21)(H,19,23)(H,20,22)/t11-,12-/m0/s1. The molecule has 1 heterocycles. The van der Waals surface area contributed by atoms with Crippen LogP contribution in [0.2, 0.25) is 0 Å². The lowest BCUT2D eigenvalue weighted by Crippen LogP contribution is -2.53. The van der Waals surface area contributed by atoms with Crippen LogP contribution in [0.3, 0.4) is 0 Å². The fraction of sp³-hybridized carbons (Fsp3) is 0.812. The Bertz CT molecular complexity index is 459. The van der Waals surface area contributed by atoms with E-state index < -0.39 is 17.7 Å². The van der Waals surface area contributed by atoms with Crippen LogP contribution < -0.4 is 21.5 Å². The molecule has 8 nitrogen and oxygen atoms in total. The second kappa shape index (κ2) is 8.86. The van der Waals surface area contributed by atoms with Crippen LogP contribution in [0.5, 0.6) is 0 Å². The predicted octanol–water partition coefficient (Wildman–Crippen LogP) is 0.683. The van der Waals surface area contributed by atoms with Crippen LogP contribution in [0.1, 0.15) is 47.5 Å². The molecule has 0 aliphatic carbocycles. The molecule has 1 aliphatic rings. The monoisotopic (exact) mass is 342 g/mol. The summed E-state index contributed by atoms with van der Waals surface area (Å²) in [6.07, 6.45) is 0.600. The Morgan fingerprint density at radius 3 is 2.50 bits per heavy atom. The minimum absolute atomic E-state index is 0.0117. The van der Waals surface area contributed by atoms with Crippen molar-refractivity contribution in [3.05, 3.63) is 0 Å². The third kappa shape index (κ3) is 7.63. The van der Waals surface area contributed by atoms with Crippen LogP contribution >= 0.6 is 0 Å². The van der Waals surface area contributed by atoms with Crippen molar-refractivity contribution in [3.63, 3.8) is 0 Å². The molecule has 0 bridgehead atoms. The summed E-state index contributed by atoms with van der Waals surface area (Å²) in [6.45, 7) is 10.2. The highest BCUT2D eigenvalue weighted by Gasteiger charge is 2.26. The first-order chi connectivity index (χ1) is 11.1. The second-order valence-corrected chi connectivity index (χ2v) is 7.48. The van der Waals surface area contributed by atoms with Crippen molar-refractivity contribution in [2.45, 2.75) is 59.1 Å². The maximum Gasteiger partial charge on any atom is 0.408 e. The topological polar surface area (TPSA) is 109 Å². The SMILES string of the molecule is CC(C)C[C@H](NC(=O)OC(C)(C)C)C(=O)NNC[C@@H]1CCNC1=O. The molecule has 2 atom stereocenters. The van der Waals surface area contributed by atoms with Gasteiger partial charge >= 0.3 is 6.09 Å². The summed E-state index contributed by atoms with van der Waals surface area (Å²) in [4.78, 5) is 35.7. The van der Waals surface area contributed by atoms with E-state index in [1.807, 2.05) is 13.8 Å². The van der Waals surface area contributed by atoms with Crippen molar-refractivity contribution >= 4 is 17.9 Å². The zero-order valence-electron chi connectivity index (χ0n) is 15.2. The van der Waals surface area contributed by atoms with E-state index in [9.17, 15) is 14.4 Å². The van der Waals surface area contributed by atoms with Crippen LogP contribution in [0, 0.1) is 11.8 Å². The molecule has 1 rings (SSSR count). The minimum Gasteiger partial charge on any atom is -0.444 e. The van der Waals surface area contributed by atoms with Crippen LogP contribution in [-0.4, -0.2) is 42.6 Å². The van der Waals surface area contributed by atoms with E-state index in [2.05, 4.69) is 21.5 Å². The molecule has 0 aromatic rings. The molecule has 0 aromatic carbocycles. The second-order valence-electron chi connectivity index (χ2n) is 7.48. The van der Waals surface area contributed by atoms with Crippen molar-refractivity contribution < 1.29 is 19.1 Å². The Balaban J connectivity index is 2.48. The number of hydrazine groups is 1. The smallest absolute Gasteiger partial charge is 0.408 e. The van der Waals surface area contributed by atoms with Crippen molar-refractivity contribution in [3.8, 4) is 0 Å². The summed E-state index contributed by atoms with van der Waals surface area (Å²) in [7, 11) is 0. The average Bonchev–Trinajstić information content (AvgIpc) is 2.81. The molecule has 3 amide bonds. The van der Waals surface area contributed by atoms with Crippen molar-refractivity contribution in [2.24, 2.45) is 11.8 Å². The maximum absolute atomic E-state index is 12.3. The molecule has 138 valence electrons. The molecule has 0 saturated carbocycles. The zero-order chi connectivity index (χ0) is 18.3. The van der Waals surface area contributed by atoms with Gasteiger partial charge < -0.3 is 15.4 Å². The Labute approximate surface area is 143 Å². The van der Waals surface area contributed by atoms with Crippen LogP contribution in [0.15, 0.2) is 0 Å². The van der Waals surface area contributed by atoms with Crippen molar-refractivity contribution in [2.75, 3.05) is 13.1 Å². The average molecular weight is 342 g/mol. The van der Waals surface area contributed by atoms with Gasteiger partial charge in [0.2, 0.25) is 5.91 Å². The highest BCUT2D eigenvalue weighted by Crippen LogP contribution is 2.10. The van der Waals surface area contributed by atoms with E-state index >= 15 is 0 Å². The molecule has 0 spiro atoms. The summed E-state index contributed by atoms with van der Waals surface area (Å²) < 4.78 is 5.20. The van der Waals surface area contributed by atoms with Crippen LogP contribution in [0.4, 0.5) is 4.79 Å². The van der Waals surface area contributed by atoms with Gasteiger partial charge in [0, 0.05) is 13.1 Å². The molecular formula is C16H30N4O4. The normalized spacial score (nSPS) is 18.9. The summed E-state index contributed by atoms with van der Waals surface area (Å²) in [6, 6.07) is -0.704. The number of ether oxygens (including phenoxy) is 1. The first kappa shape index (κ1) is 20.2. The number of hydrogen-bond donors (Lipinski definition) is 4. The molecule has 1 fully saturated rings. The first-order valence-corrected chi connectivity index (χ1v) is 8.38. The summed E-state index contributed by atoms with van der Waals surface area (Å²) in [5.41, 5.74) is 4.72. The minimum atomic E-state index is -0.704. The first-order valence-electron chi connectivity index (χ1n) is 8.38. The lowest BCUT2D eigenvalue weighted by Gasteiger charge is -2.24. The molecule has 4 N–H and O–H groups in total. The van der Waals surface area contributed by atoms with E-state index in [0.717, 1.165) is 6.42 Å². The molecule has 1 saturated heterocycles. The number of carbonyl (C=O) groups excluding carboxylic acids is 3. The molecule has 0 aromatic heterocycles. The van der Waals surface area contributed by atoms with Gasteiger partial charge in [0.25, 0.3) is 5.91 Å². The number of amides is 3. The lowest BCUT2D eigenvalue weighted by molar-refractivity contribution is -0.126. The Morgan fingerprint density at radius 2 is 2.00 bits per heavy atom. The quantitative estimate of drug-likeness (QED) is 0.509. The van der Waals surface area contributed by atoms with Gasteiger partial charge in [-0.05, 0) is 39.5 Å². The van der Waals surface area contributed by atoms with E-state index in [0.29, 0.717) is 19.5 Å². The van der Waals surface area contributed by atoms with Gasteiger partial charge in [0.1, 0.15) is 11.6 Å². The van der Waals surface area contributed by atoms with Gasteiger partial charge in [0.15, 0.2) is 0 Å². The molecular weight excluding hydrogens is 312 g/mol. The highest BCUT2D eigenvalue weighted by atomic mass is 16.6. The van der Waals surface area contributed by atoms with Gasteiger partial charge in [-0.15, -0.1) is 0 Å². The van der Waals surface area contributed by atoms with Gasteiger partial charge in [-0.25, -0.2) is 10.2 Å². The lowest BCUT2D eigenvalue weighted by atomic mass is 10.0. The zero-order valence-corrected chi connectivity index (χ0v) is 15.2. The third-order valence-electron chi connectivity index (χ3n) is 3.44. The largest absolute Gasteiger partial charge is 0.444 e. The maximum atomic E-state index is 12.3. The number of rotatable bonds is 7. The van der Waals surface area contributed by atoms with Gasteiger partial charge in [0.05, 0.1) is 5.92 Å². The van der Waals surface area contributed by atoms with Gasteiger partial charge in [-0.2, -0.15) is 0 Å². The Kier molecular flexibility index (Phi) is 7.47. The van der Waals surface area contributed by atoms with E-state index in [4.69, 9.17) is 4.74 Å². The molecule has 0 unspecified atom stereocenters. The molecule has 0 radical (unpaired) electrons. The van der Waals surface area contributed by atoms with E-state index in [-0.39, 0.29) is 23.7 Å². The summed E-state index contributed by atoms with van der Waals surface area (Å²) in [5, 5.41) is 5.34. The number of carbonyl (C=O) groups is 3. The number of hydrogen-bond acceptors (Lipinski definition) is 5. The third-order valence-corrected chi connectivity index (χ3v) is 3.44. The van der Waals surface area contributed by atoms with E-state index in [1.165, 1.54) is 0 Å². The Morgan fingerprint density at radius 1 is 1.33 bits per heavy atom. The van der Waals surface area contributed by atoms with E-state index in [1.54, 1.807) is 20.8 Å². The Hall–Kier alpha value is -1.83. The predicted molar refractivity (Wildman–Crippen MR) is 89.9 cm³/mol.